The van der Waals surface area contributed by atoms with E-state index in [4.69, 9.17) is 32.7 Å². The highest BCUT2D eigenvalue weighted by Crippen LogP contribution is 2.26. The van der Waals surface area contributed by atoms with E-state index in [2.05, 4.69) is 5.32 Å². The number of carboxylic acid groups (broad SMARTS) is 1. The van der Waals surface area contributed by atoms with Crippen molar-refractivity contribution in [2.45, 2.75) is 18.4 Å². The van der Waals surface area contributed by atoms with Gasteiger partial charge in [-0.3, -0.25) is 4.79 Å². The minimum Gasteiger partial charge on any atom is -0.484 e. The quantitative estimate of drug-likeness (QED) is 0.852. The molecule has 0 aliphatic carbocycles. The van der Waals surface area contributed by atoms with E-state index in [9.17, 15) is 14.7 Å². The van der Waals surface area contributed by atoms with Crippen molar-refractivity contribution < 1.29 is 24.2 Å². The SMILES string of the molecule is O=C(COc1ccc(Cl)c(Cl)c1)NC1(C(=O)O)CCOCC1. The summed E-state index contributed by atoms with van der Waals surface area (Å²) in [6.45, 7) is 0.272. The largest absolute Gasteiger partial charge is 0.484 e. The van der Waals surface area contributed by atoms with Crippen molar-refractivity contribution in [1.29, 1.82) is 0 Å². The van der Waals surface area contributed by atoms with Crippen LogP contribution in [0.3, 0.4) is 0 Å². The van der Waals surface area contributed by atoms with Gasteiger partial charge >= 0.3 is 5.97 Å². The molecule has 1 fully saturated rings. The van der Waals surface area contributed by atoms with E-state index in [-0.39, 0.29) is 19.4 Å². The van der Waals surface area contributed by atoms with Gasteiger partial charge < -0.3 is 19.9 Å². The smallest absolute Gasteiger partial charge is 0.329 e. The lowest BCUT2D eigenvalue weighted by molar-refractivity contribution is -0.152. The highest BCUT2D eigenvalue weighted by atomic mass is 35.5. The molecular weight excluding hydrogens is 333 g/mol. The Kier molecular flexibility index (Phi) is 5.50. The number of aliphatic carboxylic acids is 1. The molecule has 22 heavy (non-hydrogen) atoms. The Morgan fingerprint density at radius 3 is 2.55 bits per heavy atom. The molecule has 8 heteroatoms. The monoisotopic (exact) mass is 347 g/mol. The van der Waals surface area contributed by atoms with Crippen molar-refractivity contribution in [3.63, 3.8) is 0 Å². The van der Waals surface area contributed by atoms with Crippen LogP contribution in [0.15, 0.2) is 18.2 Å². The highest BCUT2D eigenvalue weighted by Gasteiger charge is 2.41. The third-order valence-corrected chi connectivity index (χ3v) is 4.13. The summed E-state index contributed by atoms with van der Waals surface area (Å²) in [6, 6.07) is 4.61. The van der Waals surface area contributed by atoms with Gasteiger partial charge in [-0.1, -0.05) is 23.2 Å². The van der Waals surface area contributed by atoms with Crippen LogP contribution in [-0.2, 0) is 14.3 Å². The fourth-order valence-corrected chi connectivity index (χ4v) is 2.42. The first-order chi connectivity index (χ1) is 10.4. The number of carbonyl (C=O) groups is 2. The van der Waals surface area contributed by atoms with Gasteiger partial charge in [-0.15, -0.1) is 0 Å². The molecule has 1 heterocycles. The van der Waals surface area contributed by atoms with Crippen LogP contribution in [0.4, 0.5) is 0 Å². The molecule has 1 saturated heterocycles. The number of benzene rings is 1. The summed E-state index contributed by atoms with van der Waals surface area (Å²) in [5.74, 6) is -1.21. The molecular formula is C14H15Cl2NO5. The van der Waals surface area contributed by atoms with Crippen molar-refractivity contribution in [3.05, 3.63) is 28.2 Å². The second-order valence-corrected chi connectivity index (χ2v) is 5.73. The van der Waals surface area contributed by atoms with Gasteiger partial charge in [0.05, 0.1) is 10.0 Å². The number of carbonyl (C=O) groups excluding carboxylic acids is 1. The first kappa shape index (κ1) is 16.9. The van der Waals surface area contributed by atoms with Crippen LogP contribution in [0.25, 0.3) is 0 Å². The summed E-state index contributed by atoms with van der Waals surface area (Å²) in [4.78, 5) is 23.4. The number of hydrogen-bond donors (Lipinski definition) is 2. The molecule has 1 aliphatic rings. The molecule has 0 bridgehead atoms. The average Bonchev–Trinajstić information content (AvgIpc) is 2.49. The third kappa shape index (κ3) is 4.03. The molecule has 2 rings (SSSR count). The maximum atomic E-state index is 11.9. The van der Waals surface area contributed by atoms with Crippen molar-refractivity contribution >= 4 is 35.1 Å². The predicted molar refractivity (Wildman–Crippen MR) is 80.5 cm³/mol. The molecule has 1 aromatic carbocycles. The summed E-state index contributed by atoms with van der Waals surface area (Å²) in [7, 11) is 0. The van der Waals surface area contributed by atoms with Crippen LogP contribution in [0.1, 0.15) is 12.8 Å². The minimum atomic E-state index is -1.30. The molecule has 2 N–H and O–H groups in total. The number of ether oxygens (including phenoxy) is 2. The maximum absolute atomic E-state index is 11.9. The van der Waals surface area contributed by atoms with Crippen molar-refractivity contribution in [2.24, 2.45) is 0 Å². The Bertz CT molecular complexity index is 572. The van der Waals surface area contributed by atoms with E-state index in [0.29, 0.717) is 29.0 Å². The first-order valence-electron chi connectivity index (χ1n) is 6.63. The van der Waals surface area contributed by atoms with E-state index in [1.165, 1.54) is 6.07 Å². The molecule has 0 saturated carbocycles. The van der Waals surface area contributed by atoms with Gasteiger partial charge in [0, 0.05) is 32.1 Å². The third-order valence-electron chi connectivity index (χ3n) is 3.40. The van der Waals surface area contributed by atoms with Crippen LogP contribution >= 0.6 is 23.2 Å². The molecule has 1 aliphatic heterocycles. The number of nitrogens with one attached hydrogen (secondary N) is 1. The fourth-order valence-electron chi connectivity index (χ4n) is 2.13. The van der Waals surface area contributed by atoms with Gasteiger partial charge in [0.15, 0.2) is 6.61 Å². The van der Waals surface area contributed by atoms with Gasteiger partial charge in [0.1, 0.15) is 11.3 Å². The number of amides is 1. The number of halogens is 2. The Hall–Kier alpha value is -1.50. The van der Waals surface area contributed by atoms with E-state index in [1.54, 1.807) is 12.1 Å². The van der Waals surface area contributed by atoms with Gasteiger partial charge in [0.2, 0.25) is 0 Å². The fraction of sp³-hybridized carbons (Fsp3) is 0.429. The number of carboxylic acids is 1. The van der Waals surface area contributed by atoms with Gasteiger partial charge in [-0.25, -0.2) is 4.79 Å². The molecule has 0 radical (unpaired) electrons. The molecule has 1 aromatic rings. The van der Waals surface area contributed by atoms with Crippen LogP contribution in [-0.4, -0.2) is 42.3 Å². The molecule has 0 aromatic heterocycles. The van der Waals surface area contributed by atoms with Crippen LogP contribution < -0.4 is 10.1 Å². The van der Waals surface area contributed by atoms with Crippen molar-refractivity contribution in [2.75, 3.05) is 19.8 Å². The van der Waals surface area contributed by atoms with Crippen molar-refractivity contribution in [3.8, 4) is 5.75 Å². The molecule has 0 unspecified atom stereocenters. The van der Waals surface area contributed by atoms with Gasteiger partial charge in [0.25, 0.3) is 5.91 Å². The lowest BCUT2D eigenvalue weighted by atomic mass is 9.90. The summed E-state index contributed by atoms with van der Waals surface area (Å²) >= 11 is 11.6. The normalized spacial score (nSPS) is 16.8. The first-order valence-corrected chi connectivity index (χ1v) is 7.38. The summed E-state index contributed by atoms with van der Waals surface area (Å²) < 4.78 is 10.4. The Labute approximate surface area is 137 Å². The number of rotatable bonds is 5. The zero-order chi connectivity index (χ0) is 16.2. The summed E-state index contributed by atoms with van der Waals surface area (Å²) in [5.41, 5.74) is -1.30. The van der Waals surface area contributed by atoms with E-state index < -0.39 is 17.4 Å². The molecule has 6 nitrogen and oxygen atoms in total. The molecule has 1 amide bonds. The zero-order valence-electron chi connectivity index (χ0n) is 11.6. The van der Waals surface area contributed by atoms with Crippen LogP contribution in [0, 0.1) is 0 Å². The predicted octanol–water partition coefficient (Wildman–Crippen LogP) is 2.12. The Balaban J connectivity index is 1.94. The molecule has 120 valence electrons. The molecule has 0 atom stereocenters. The van der Waals surface area contributed by atoms with Gasteiger partial charge in [-0.05, 0) is 12.1 Å². The second-order valence-electron chi connectivity index (χ2n) is 4.91. The molecule has 0 spiro atoms. The summed E-state index contributed by atoms with van der Waals surface area (Å²) in [5, 5.41) is 12.6. The highest BCUT2D eigenvalue weighted by molar-refractivity contribution is 6.42. The van der Waals surface area contributed by atoms with Crippen LogP contribution in [0.2, 0.25) is 10.0 Å². The Morgan fingerprint density at radius 1 is 1.27 bits per heavy atom. The lowest BCUT2D eigenvalue weighted by Crippen LogP contribution is -2.58. The number of hydrogen-bond acceptors (Lipinski definition) is 4. The van der Waals surface area contributed by atoms with E-state index >= 15 is 0 Å². The Morgan fingerprint density at radius 2 is 1.95 bits per heavy atom. The van der Waals surface area contributed by atoms with E-state index in [0.717, 1.165) is 0 Å². The maximum Gasteiger partial charge on any atom is 0.329 e. The average molecular weight is 348 g/mol. The minimum absolute atomic E-state index is 0.223. The van der Waals surface area contributed by atoms with E-state index in [1.807, 2.05) is 0 Å². The topological polar surface area (TPSA) is 84.9 Å². The van der Waals surface area contributed by atoms with Crippen molar-refractivity contribution in [1.82, 2.24) is 5.32 Å². The van der Waals surface area contributed by atoms with Gasteiger partial charge in [-0.2, -0.15) is 0 Å². The second kappa shape index (κ2) is 7.17. The lowest BCUT2D eigenvalue weighted by Gasteiger charge is -2.33. The zero-order valence-corrected chi connectivity index (χ0v) is 13.1. The standard InChI is InChI=1S/C14H15Cl2NO5/c15-10-2-1-9(7-11(10)16)22-8-12(18)17-14(13(19)20)3-5-21-6-4-14/h1-2,7H,3-6,8H2,(H,17,18)(H,19,20). The summed E-state index contributed by atoms with van der Waals surface area (Å²) in [6.07, 6.45) is 0.446. The van der Waals surface area contributed by atoms with Crippen LogP contribution in [0.5, 0.6) is 5.75 Å².